The Kier molecular flexibility index (Phi) is 9.55. The number of halogens is 2. The molecule has 0 bridgehead atoms. The van der Waals surface area contributed by atoms with Gasteiger partial charge in [-0.05, 0) is 61.7 Å². The second-order valence-electron chi connectivity index (χ2n) is 9.94. The Labute approximate surface area is 231 Å². The Balaban J connectivity index is 1.51. The second-order valence-corrected chi connectivity index (χ2v) is 9.94. The molecule has 2 heterocycles. The molecular formula is C30H32F2N4O4. The summed E-state index contributed by atoms with van der Waals surface area (Å²) in [6.45, 7) is 3.11. The first-order valence-corrected chi connectivity index (χ1v) is 13.3. The summed E-state index contributed by atoms with van der Waals surface area (Å²) in [6, 6.07) is 11.1. The maximum Gasteiger partial charge on any atom is 0.320 e. The number of carbonyl (C=O) groups excluding carboxylic acids is 2. The van der Waals surface area contributed by atoms with Crippen LogP contribution in [0.1, 0.15) is 60.6 Å². The number of amides is 1. The van der Waals surface area contributed by atoms with Crippen LogP contribution >= 0.6 is 0 Å². The monoisotopic (exact) mass is 550 g/mol. The van der Waals surface area contributed by atoms with Crippen molar-refractivity contribution >= 4 is 34.7 Å². The lowest BCUT2D eigenvalue weighted by molar-refractivity contribution is -0.144. The summed E-state index contributed by atoms with van der Waals surface area (Å²) in [5.74, 6) is -2.88. The number of ketones is 1. The van der Waals surface area contributed by atoms with E-state index in [0.29, 0.717) is 43.7 Å². The number of carboxylic acids is 1. The molecule has 4 rings (SSSR count). The summed E-state index contributed by atoms with van der Waals surface area (Å²) in [6.07, 6.45) is 4.98. The molecule has 1 unspecified atom stereocenters. The van der Waals surface area contributed by atoms with E-state index in [-0.39, 0.29) is 29.1 Å². The van der Waals surface area contributed by atoms with Crippen molar-refractivity contribution in [3.63, 3.8) is 0 Å². The van der Waals surface area contributed by atoms with Gasteiger partial charge in [-0.25, -0.2) is 8.78 Å². The predicted octanol–water partition coefficient (Wildman–Crippen LogP) is 5.71. The number of pyridine rings is 1. The Bertz CT molecular complexity index is 1360. The van der Waals surface area contributed by atoms with E-state index in [9.17, 15) is 28.3 Å². The average molecular weight is 551 g/mol. The van der Waals surface area contributed by atoms with Gasteiger partial charge in [0.15, 0.2) is 0 Å². The van der Waals surface area contributed by atoms with Gasteiger partial charge >= 0.3 is 5.97 Å². The van der Waals surface area contributed by atoms with E-state index in [1.807, 2.05) is 24.0 Å². The molecule has 1 amide bonds. The molecule has 3 aromatic rings. The summed E-state index contributed by atoms with van der Waals surface area (Å²) in [5.41, 5.74) is 2.33. The first-order valence-electron chi connectivity index (χ1n) is 13.3. The van der Waals surface area contributed by atoms with Crippen LogP contribution in [0, 0.1) is 11.6 Å². The number of Topliss-reactive ketones (excluding diaryl/α,β-unsaturated/α-hetero) is 1. The molecule has 0 radical (unpaired) electrons. The number of nitrogens with one attached hydrogen (secondary N) is 2. The van der Waals surface area contributed by atoms with Crippen LogP contribution in [0.5, 0.6) is 0 Å². The largest absolute Gasteiger partial charge is 0.480 e. The van der Waals surface area contributed by atoms with Crippen molar-refractivity contribution in [3.8, 4) is 0 Å². The zero-order valence-corrected chi connectivity index (χ0v) is 22.3. The fourth-order valence-corrected chi connectivity index (χ4v) is 4.82. The smallest absolute Gasteiger partial charge is 0.320 e. The van der Waals surface area contributed by atoms with Crippen LogP contribution in [-0.4, -0.2) is 45.2 Å². The van der Waals surface area contributed by atoms with Crippen molar-refractivity contribution < 1.29 is 28.3 Å². The number of carboxylic acid groups (broad SMARTS) is 1. The van der Waals surface area contributed by atoms with Crippen LogP contribution in [0.15, 0.2) is 54.7 Å². The number of likely N-dealkylation sites (tertiary alicyclic amines) is 1. The lowest BCUT2D eigenvalue weighted by Gasteiger charge is -2.32. The maximum atomic E-state index is 13.8. The minimum atomic E-state index is -0.816. The number of nitrogens with zero attached hydrogens (tertiary/aromatic N) is 2. The van der Waals surface area contributed by atoms with Gasteiger partial charge in [0.2, 0.25) is 0 Å². The van der Waals surface area contributed by atoms with Crippen LogP contribution in [-0.2, 0) is 22.6 Å². The van der Waals surface area contributed by atoms with Gasteiger partial charge in [-0.1, -0.05) is 25.5 Å². The quantitative estimate of drug-likeness (QED) is 0.281. The summed E-state index contributed by atoms with van der Waals surface area (Å²) in [5, 5.41) is 15.2. The van der Waals surface area contributed by atoms with Gasteiger partial charge in [0.25, 0.3) is 5.91 Å². The van der Waals surface area contributed by atoms with E-state index in [4.69, 9.17) is 0 Å². The van der Waals surface area contributed by atoms with E-state index in [1.165, 1.54) is 12.3 Å². The van der Waals surface area contributed by atoms with E-state index in [0.717, 1.165) is 36.6 Å². The SMILES string of the molecule is CCCC(=O)Cc1cc(Nc2cc(F)cc(F)c2)c(C(=O)Nc2ccc(CN3CCCCC3C(=O)O)cc2)cn1. The van der Waals surface area contributed by atoms with Crippen LogP contribution in [0.25, 0.3) is 0 Å². The highest BCUT2D eigenvalue weighted by molar-refractivity contribution is 6.08. The predicted molar refractivity (Wildman–Crippen MR) is 148 cm³/mol. The molecule has 210 valence electrons. The summed E-state index contributed by atoms with van der Waals surface area (Å²) >= 11 is 0. The van der Waals surface area contributed by atoms with Gasteiger partial charge in [-0.3, -0.25) is 24.3 Å². The molecule has 3 N–H and O–H groups in total. The highest BCUT2D eigenvalue weighted by Gasteiger charge is 2.28. The lowest BCUT2D eigenvalue weighted by Crippen LogP contribution is -2.43. The van der Waals surface area contributed by atoms with Crippen molar-refractivity contribution in [2.45, 2.75) is 58.0 Å². The van der Waals surface area contributed by atoms with Crippen molar-refractivity contribution in [2.75, 3.05) is 17.2 Å². The molecule has 40 heavy (non-hydrogen) atoms. The highest BCUT2D eigenvalue weighted by atomic mass is 19.1. The van der Waals surface area contributed by atoms with E-state index in [1.54, 1.807) is 12.1 Å². The number of piperidine rings is 1. The molecule has 1 fully saturated rings. The molecule has 0 spiro atoms. The molecule has 1 saturated heterocycles. The van der Waals surface area contributed by atoms with Crippen LogP contribution in [0.3, 0.4) is 0 Å². The normalized spacial score (nSPS) is 15.4. The number of hydrogen-bond donors (Lipinski definition) is 3. The highest BCUT2D eigenvalue weighted by Crippen LogP contribution is 2.25. The summed E-state index contributed by atoms with van der Waals surface area (Å²) in [4.78, 5) is 43.2. The standard InChI is InChI=1S/C30H32F2N4O4/c1-2-5-25(37)15-23-16-27(34-24-13-20(31)12-21(32)14-24)26(17-33-23)29(38)35-22-9-7-19(8-10-22)18-36-11-4-3-6-28(36)30(39)40/h7-10,12-14,16-17,28H,2-6,11,15,18H2,1H3,(H,33,34)(H,35,38)(H,39,40). The Morgan fingerprint density at radius 1 is 1.02 bits per heavy atom. The molecule has 8 nitrogen and oxygen atoms in total. The third kappa shape index (κ3) is 7.69. The molecule has 1 aliphatic rings. The molecule has 1 aromatic heterocycles. The third-order valence-corrected chi connectivity index (χ3v) is 6.75. The van der Waals surface area contributed by atoms with Crippen molar-refractivity contribution in [3.05, 3.63) is 83.2 Å². The number of aliphatic carboxylic acids is 1. The van der Waals surface area contributed by atoms with Crippen molar-refractivity contribution in [1.82, 2.24) is 9.88 Å². The fraction of sp³-hybridized carbons (Fsp3) is 0.333. The summed E-state index contributed by atoms with van der Waals surface area (Å²) < 4.78 is 27.6. The molecule has 0 saturated carbocycles. The Hall–Kier alpha value is -4.18. The lowest BCUT2D eigenvalue weighted by atomic mass is 10.0. The minimum Gasteiger partial charge on any atom is -0.480 e. The first-order chi connectivity index (χ1) is 19.2. The van der Waals surface area contributed by atoms with E-state index in [2.05, 4.69) is 15.6 Å². The molecule has 2 aromatic carbocycles. The van der Waals surface area contributed by atoms with E-state index < -0.39 is 29.6 Å². The van der Waals surface area contributed by atoms with E-state index >= 15 is 0 Å². The third-order valence-electron chi connectivity index (χ3n) is 6.75. The topological polar surface area (TPSA) is 112 Å². The number of rotatable bonds is 11. The molecule has 0 aliphatic carbocycles. The zero-order chi connectivity index (χ0) is 28.6. The number of hydrogen-bond acceptors (Lipinski definition) is 6. The Morgan fingerprint density at radius 2 is 1.75 bits per heavy atom. The van der Waals surface area contributed by atoms with Gasteiger partial charge < -0.3 is 15.7 Å². The number of benzene rings is 2. The Morgan fingerprint density at radius 3 is 2.42 bits per heavy atom. The second kappa shape index (κ2) is 13.3. The van der Waals surface area contributed by atoms with Crippen LogP contribution in [0.4, 0.5) is 25.8 Å². The molecule has 10 heteroatoms. The van der Waals surface area contributed by atoms with Gasteiger partial charge in [-0.15, -0.1) is 0 Å². The van der Waals surface area contributed by atoms with Crippen LogP contribution < -0.4 is 10.6 Å². The minimum absolute atomic E-state index is 0.00531. The van der Waals surface area contributed by atoms with Gasteiger partial charge in [0.05, 0.1) is 11.3 Å². The fourth-order valence-electron chi connectivity index (χ4n) is 4.82. The zero-order valence-electron chi connectivity index (χ0n) is 22.3. The number of aromatic nitrogens is 1. The summed E-state index contributed by atoms with van der Waals surface area (Å²) in [7, 11) is 0. The number of anilines is 3. The molecular weight excluding hydrogens is 518 g/mol. The molecule has 1 atom stereocenters. The number of carbonyl (C=O) groups is 3. The van der Waals surface area contributed by atoms with Crippen molar-refractivity contribution in [1.29, 1.82) is 0 Å². The van der Waals surface area contributed by atoms with Gasteiger partial charge in [-0.2, -0.15) is 0 Å². The molecule has 1 aliphatic heterocycles. The van der Waals surface area contributed by atoms with Crippen LogP contribution in [0.2, 0.25) is 0 Å². The van der Waals surface area contributed by atoms with Gasteiger partial charge in [0.1, 0.15) is 23.5 Å². The maximum absolute atomic E-state index is 13.8. The van der Waals surface area contributed by atoms with Crippen molar-refractivity contribution in [2.24, 2.45) is 0 Å². The first kappa shape index (κ1) is 28.8. The average Bonchev–Trinajstić information content (AvgIpc) is 2.89. The van der Waals surface area contributed by atoms with Gasteiger partial charge in [0, 0.05) is 48.7 Å².